The van der Waals surface area contributed by atoms with Crippen LogP contribution in [0.1, 0.15) is 61.4 Å². The van der Waals surface area contributed by atoms with Crippen LogP contribution in [-0.4, -0.2) is 59.9 Å². The lowest BCUT2D eigenvalue weighted by Crippen LogP contribution is -2.53. The van der Waals surface area contributed by atoms with Crippen LogP contribution >= 0.6 is 0 Å². The Bertz CT molecular complexity index is 737. The molecule has 0 unspecified atom stereocenters. The number of benzene rings is 1. The predicted molar refractivity (Wildman–Crippen MR) is 108 cm³/mol. The highest BCUT2D eigenvalue weighted by molar-refractivity contribution is 5.94. The maximum Gasteiger partial charge on any atom is 0.253 e. The Morgan fingerprint density at radius 1 is 1.11 bits per heavy atom. The molecule has 1 aliphatic heterocycles. The van der Waals surface area contributed by atoms with Crippen molar-refractivity contribution >= 4 is 11.8 Å². The van der Waals surface area contributed by atoms with Gasteiger partial charge in [0.1, 0.15) is 5.54 Å². The van der Waals surface area contributed by atoms with Crippen LogP contribution in [0.25, 0.3) is 0 Å². The van der Waals surface area contributed by atoms with E-state index < -0.39 is 5.54 Å². The van der Waals surface area contributed by atoms with Gasteiger partial charge in [-0.05, 0) is 49.3 Å². The smallest absolute Gasteiger partial charge is 0.253 e. The molecule has 1 heterocycles. The van der Waals surface area contributed by atoms with Gasteiger partial charge in [-0.3, -0.25) is 14.5 Å². The van der Waals surface area contributed by atoms with Crippen molar-refractivity contribution in [2.45, 2.75) is 51.0 Å². The lowest BCUT2D eigenvalue weighted by molar-refractivity contribution is -0.123. The largest absolute Gasteiger partial charge is 0.337 e. The minimum atomic E-state index is -0.670. The van der Waals surface area contributed by atoms with Crippen LogP contribution in [0.4, 0.5) is 0 Å². The third-order valence-corrected chi connectivity index (χ3v) is 5.90. The lowest BCUT2D eigenvalue weighted by Gasteiger charge is -2.35. The molecule has 28 heavy (non-hydrogen) atoms. The number of rotatable bonds is 5. The van der Waals surface area contributed by atoms with Crippen molar-refractivity contribution in [2.75, 3.05) is 32.7 Å². The van der Waals surface area contributed by atoms with Gasteiger partial charge < -0.3 is 10.2 Å². The van der Waals surface area contributed by atoms with Crippen LogP contribution in [0.5, 0.6) is 0 Å². The minimum absolute atomic E-state index is 0.0498. The Morgan fingerprint density at radius 3 is 2.25 bits per heavy atom. The van der Waals surface area contributed by atoms with Crippen LogP contribution in [0.15, 0.2) is 24.3 Å². The van der Waals surface area contributed by atoms with Gasteiger partial charge in [0.2, 0.25) is 5.91 Å². The Kier molecular flexibility index (Phi) is 6.35. The van der Waals surface area contributed by atoms with E-state index in [1.807, 2.05) is 29.2 Å². The van der Waals surface area contributed by atoms with E-state index in [1.165, 1.54) is 5.56 Å². The zero-order valence-electron chi connectivity index (χ0n) is 16.9. The molecule has 2 fully saturated rings. The van der Waals surface area contributed by atoms with Crippen LogP contribution in [0.3, 0.4) is 0 Å². The first-order chi connectivity index (χ1) is 13.4. The zero-order valence-corrected chi connectivity index (χ0v) is 16.9. The van der Waals surface area contributed by atoms with Gasteiger partial charge in [-0.2, -0.15) is 5.26 Å². The minimum Gasteiger partial charge on any atom is -0.337 e. The maximum atomic E-state index is 12.7. The van der Waals surface area contributed by atoms with Crippen molar-refractivity contribution in [1.29, 1.82) is 5.26 Å². The second-order valence-electron chi connectivity index (χ2n) is 8.29. The molecular formula is C22H30N4O2. The molecule has 6 heteroatoms. The van der Waals surface area contributed by atoms with E-state index in [1.54, 1.807) is 0 Å². The maximum absolute atomic E-state index is 12.7. The van der Waals surface area contributed by atoms with Crippen LogP contribution in [0, 0.1) is 11.3 Å². The number of hydrogen-bond donors (Lipinski definition) is 1. The monoisotopic (exact) mass is 382 g/mol. The van der Waals surface area contributed by atoms with E-state index >= 15 is 0 Å². The molecule has 3 rings (SSSR count). The Morgan fingerprint density at radius 2 is 1.71 bits per heavy atom. The molecule has 1 aromatic carbocycles. The van der Waals surface area contributed by atoms with Crippen molar-refractivity contribution in [1.82, 2.24) is 15.1 Å². The van der Waals surface area contributed by atoms with E-state index in [4.69, 9.17) is 0 Å². The highest BCUT2D eigenvalue weighted by atomic mass is 16.2. The van der Waals surface area contributed by atoms with E-state index in [0.717, 1.165) is 25.7 Å². The summed E-state index contributed by atoms with van der Waals surface area (Å²) in [4.78, 5) is 29.0. The summed E-state index contributed by atoms with van der Waals surface area (Å²) in [7, 11) is 0. The molecule has 2 amide bonds. The van der Waals surface area contributed by atoms with Crippen molar-refractivity contribution in [3.63, 3.8) is 0 Å². The topological polar surface area (TPSA) is 76.4 Å². The first-order valence-electron chi connectivity index (χ1n) is 10.3. The van der Waals surface area contributed by atoms with Gasteiger partial charge in [0, 0.05) is 31.7 Å². The summed E-state index contributed by atoms with van der Waals surface area (Å²) >= 11 is 0. The summed E-state index contributed by atoms with van der Waals surface area (Å²) in [5, 5.41) is 12.3. The van der Waals surface area contributed by atoms with Crippen LogP contribution < -0.4 is 5.32 Å². The Hall–Kier alpha value is -2.39. The molecule has 1 aliphatic carbocycles. The van der Waals surface area contributed by atoms with Gasteiger partial charge in [0.05, 0.1) is 12.6 Å². The first-order valence-corrected chi connectivity index (χ1v) is 10.3. The van der Waals surface area contributed by atoms with Gasteiger partial charge in [0.25, 0.3) is 5.91 Å². The predicted octanol–water partition coefficient (Wildman–Crippen LogP) is 2.52. The number of nitrogens with zero attached hydrogens (tertiary/aromatic N) is 3. The molecule has 0 aromatic heterocycles. The van der Waals surface area contributed by atoms with Crippen molar-refractivity contribution in [3.8, 4) is 6.07 Å². The van der Waals surface area contributed by atoms with Gasteiger partial charge in [-0.15, -0.1) is 0 Å². The van der Waals surface area contributed by atoms with Gasteiger partial charge in [-0.25, -0.2) is 0 Å². The van der Waals surface area contributed by atoms with Gasteiger partial charge in [0.15, 0.2) is 0 Å². The molecule has 1 aromatic rings. The number of amides is 2. The third kappa shape index (κ3) is 4.71. The molecule has 1 saturated heterocycles. The van der Waals surface area contributed by atoms with Gasteiger partial charge >= 0.3 is 0 Å². The average molecular weight is 383 g/mol. The number of piperazine rings is 1. The molecule has 0 atom stereocenters. The number of nitrogens with one attached hydrogen (secondary N) is 1. The van der Waals surface area contributed by atoms with Crippen molar-refractivity contribution in [3.05, 3.63) is 35.4 Å². The fourth-order valence-electron chi connectivity index (χ4n) is 4.06. The van der Waals surface area contributed by atoms with E-state index in [2.05, 4.69) is 30.1 Å². The van der Waals surface area contributed by atoms with Crippen LogP contribution in [-0.2, 0) is 4.79 Å². The number of carbonyl (C=O) groups is 2. The van der Waals surface area contributed by atoms with Crippen molar-refractivity contribution < 1.29 is 9.59 Å². The Labute approximate surface area is 167 Å². The average Bonchev–Trinajstić information content (AvgIpc) is 3.17. The van der Waals surface area contributed by atoms with Crippen molar-refractivity contribution in [2.24, 2.45) is 0 Å². The summed E-state index contributed by atoms with van der Waals surface area (Å²) < 4.78 is 0. The second-order valence-corrected chi connectivity index (χ2v) is 8.29. The van der Waals surface area contributed by atoms with E-state index in [0.29, 0.717) is 37.7 Å². The summed E-state index contributed by atoms with van der Waals surface area (Å²) in [6, 6.07) is 10.1. The zero-order chi connectivity index (χ0) is 20.1. The SMILES string of the molecule is CC(C)c1ccc(C(=O)N2CCN(CC(=O)NC3(C#N)CCCC3)CC2)cc1. The molecule has 1 saturated carbocycles. The highest BCUT2D eigenvalue weighted by Crippen LogP contribution is 2.28. The number of carbonyl (C=O) groups excluding carboxylic acids is 2. The second kappa shape index (κ2) is 8.74. The summed E-state index contributed by atoms with van der Waals surface area (Å²) in [6.07, 6.45) is 3.47. The lowest BCUT2D eigenvalue weighted by atomic mass is 10.00. The highest BCUT2D eigenvalue weighted by Gasteiger charge is 2.35. The quantitative estimate of drug-likeness (QED) is 0.849. The van der Waals surface area contributed by atoms with E-state index in [-0.39, 0.29) is 18.4 Å². The molecule has 0 radical (unpaired) electrons. The molecule has 0 spiro atoms. The summed E-state index contributed by atoms with van der Waals surface area (Å²) in [5.41, 5.74) is 1.27. The fraction of sp³-hybridized carbons (Fsp3) is 0.591. The van der Waals surface area contributed by atoms with Gasteiger partial charge in [-0.1, -0.05) is 26.0 Å². The molecular weight excluding hydrogens is 352 g/mol. The third-order valence-electron chi connectivity index (χ3n) is 5.90. The number of hydrogen-bond acceptors (Lipinski definition) is 4. The molecule has 0 bridgehead atoms. The Balaban J connectivity index is 1.48. The fourth-order valence-corrected chi connectivity index (χ4v) is 4.06. The van der Waals surface area contributed by atoms with Crippen LogP contribution in [0.2, 0.25) is 0 Å². The molecule has 1 N–H and O–H groups in total. The summed E-state index contributed by atoms with van der Waals surface area (Å²) in [5.74, 6) is 0.407. The first kappa shape index (κ1) is 20.3. The molecule has 150 valence electrons. The summed E-state index contributed by atoms with van der Waals surface area (Å²) in [6.45, 7) is 7.12. The van der Waals surface area contributed by atoms with E-state index in [9.17, 15) is 14.9 Å². The normalized spacial score (nSPS) is 19.4. The molecule has 6 nitrogen and oxygen atoms in total. The standard InChI is InChI=1S/C22H30N4O2/c1-17(2)18-5-7-19(8-6-18)21(28)26-13-11-25(12-14-26)15-20(27)24-22(16-23)9-3-4-10-22/h5-8,17H,3-4,9-15H2,1-2H3,(H,24,27). The number of nitriles is 1. The molecule has 2 aliphatic rings.